The van der Waals surface area contributed by atoms with E-state index in [9.17, 15) is 5.26 Å². The zero-order valence-electron chi connectivity index (χ0n) is 27.3. The van der Waals surface area contributed by atoms with Gasteiger partial charge < -0.3 is 4.42 Å². The summed E-state index contributed by atoms with van der Waals surface area (Å²) >= 11 is 0. The van der Waals surface area contributed by atoms with Crippen molar-refractivity contribution in [2.75, 3.05) is 0 Å². The van der Waals surface area contributed by atoms with Crippen LogP contribution in [-0.4, -0.2) is 9.97 Å². The van der Waals surface area contributed by atoms with Gasteiger partial charge in [0.25, 0.3) is 0 Å². The summed E-state index contributed by atoms with van der Waals surface area (Å²) < 4.78 is 6.17. The van der Waals surface area contributed by atoms with Crippen molar-refractivity contribution in [2.24, 2.45) is 0 Å². The maximum absolute atomic E-state index is 9.58. The highest BCUT2D eigenvalue weighted by Crippen LogP contribution is 2.43. The molecule has 0 bridgehead atoms. The first-order valence-corrected chi connectivity index (χ1v) is 17.0. The summed E-state index contributed by atoms with van der Waals surface area (Å²) in [5.74, 6) is 0.690. The van der Waals surface area contributed by atoms with E-state index in [-0.39, 0.29) is 0 Å². The van der Waals surface area contributed by atoms with E-state index in [2.05, 4.69) is 109 Å². The quantitative estimate of drug-likeness (QED) is 0.178. The SMILES string of the molecule is N#Cc1ccc2oc3ccc(-c4cc5c6ccccc6c(-c6nc(-c7ccccc7)cc(-c7ccccc7)n6)cc5c5ccccc45)cc3c2c1. The highest BCUT2D eigenvalue weighted by molar-refractivity contribution is 6.24. The van der Waals surface area contributed by atoms with Gasteiger partial charge in [-0.3, -0.25) is 0 Å². The molecule has 10 rings (SSSR count). The molecule has 0 radical (unpaired) electrons. The van der Waals surface area contributed by atoms with Gasteiger partial charge >= 0.3 is 0 Å². The molecule has 0 N–H and O–H groups in total. The Hall–Kier alpha value is -7.09. The molecule has 51 heavy (non-hydrogen) atoms. The first-order valence-electron chi connectivity index (χ1n) is 17.0. The number of nitriles is 1. The van der Waals surface area contributed by atoms with E-state index in [1.807, 2.05) is 54.6 Å². The summed E-state index contributed by atoms with van der Waals surface area (Å²) in [6, 6.07) is 58.7. The molecule has 0 saturated heterocycles. The smallest absolute Gasteiger partial charge is 0.161 e. The minimum absolute atomic E-state index is 0.614. The van der Waals surface area contributed by atoms with Crippen molar-refractivity contribution >= 4 is 54.3 Å². The van der Waals surface area contributed by atoms with E-state index < -0.39 is 0 Å². The maximum Gasteiger partial charge on any atom is 0.161 e. The average molecular weight is 650 g/mol. The third-order valence-corrected chi connectivity index (χ3v) is 9.90. The lowest BCUT2D eigenvalue weighted by Crippen LogP contribution is -1.97. The number of hydrogen-bond donors (Lipinski definition) is 0. The number of benzene rings is 8. The van der Waals surface area contributed by atoms with E-state index in [0.717, 1.165) is 93.5 Å². The third-order valence-electron chi connectivity index (χ3n) is 9.90. The molecule has 0 aliphatic carbocycles. The Labute approximate surface area is 293 Å². The van der Waals surface area contributed by atoms with E-state index in [1.165, 1.54) is 0 Å². The van der Waals surface area contributed by atoms with Gasteiger partial charge in [-0.25, -0.2) is 9.97 Å². The Morgan fingerprint density at radius 3 is 1.51 bits per heavy atom. The summed E-state index contributed by atoms with van der Waals surface area (Å²) in [5.41, 5.74) is 9.26. The maximum atomic E-state index is 9.58. The van der Waals surface area contributed by atoms with Gasteiger partial charge in [0, 0.05) is 27.5 Å². The molecule has 0 amide bonds. The Kier molecular flexibility index (Phi) is 6.52. The fourth-order valence-corrected chi connectivity index (χ4v) is 7.47. The minimum atomic E-state index is 0.614. The summed E-state index contributed by atoms with van der Waals surface area (Å²) in [5, 5.41) is 18.4. The van der Waals surface area contributed by atoms with Gasteiger partial charge in [0.2, 0.25) is 0 Å². The van der Waals surface area contributed by atoms with Crippen molar-refractivity contribution in [1.82, 2.24) is 9.97 Å². The normalized spacial score (nSPS) is 11.5. The van der Waals surface area contributed by atoms with E-state index in [1.54, 1.807) is 6.07 Å². The molecule has 0 unspecified atom stereocenters. The van der Waals surface area contributed by atoms with Crippen LogP contribution in [0.5, 0.6) is 0 Å². The molecule has 10 aromatic rings. The van der Waals surface area contributed by atoms with Gasteiger partial charge in [0.1, 0.15) is 11.2 Å². The predicted molar refractivity (Wildman–Crippen MR) is 208 cm³/mol. The highest BCUT2D eigenvalue weighted by atomic mass is 16.3. The Morgan fingerprint density at radius 2 is 0.902 bits per heavy atom. The number of fused-ring (bicyclic) bond motifs is 8. The van der Waals surface area contributed by atoms with Crippen molar-refractivity contribution < 1.29 is 4.42 Å². The fraction of sp³-hybridized carbons (Fsp3) is 0. The summed E-state index contributed by atoms with van der Waals surface area (Å²) in [6.07, 6.45) is 0. The van der Waals surface area contributed by atoms with Crippen molar-refractivity contribution in [1.29, 1.82) is 5.26 Å². The lowest BCUT2D eigenvalue weighted by atomic mass is 9.88. The summed E-state index contributed by atoms with van der Waals surface area (Å²) in [4.78, 5) is 10.4. The molecule has 0 fully saturated rings. The molecular weight excluding hydrogens is 623 g/mol. The van der Waals surface area contributed by atoms with Crippen LogP contribution in [0.15, 0.2) is 168 Å². The molecule has 4 heteroatoms. The molecule has 0 aliphatic heterocycles. The van der Waals surface area contributed by atoms with E-state index in [4.69, 9.17) is 14.4 Å². The Balaban J connectivity index is 1.25. The lowest BCUT2D eigenvalue weighted by Gasteiger charge is -2.16. The second-order valence-corrected chi connectivity index (χ2v) is 12.9. The molecule has 0 spiro atoms. The van der Waals surface area contributed by atoms with Crippen LogP contribution in [-0.2, 0) is 0 Å². The molecular formula is C47H27N3O. The zero-order chi connectivity index (χ0) is 33.9. The number of hydrogen-bond acceptors (Lipinski definition) is 4. The number of aromatic nitrogens is 2. The second kappa shape index (κ2) is 11.5. The molecule has 0 saturated carbocycles. The van der Waals surface area contributed by atoms with E-state index >= 15 is 0 Å². The molecule has 2 aromatic heterocycles. The van der Waals surface area contributed by atoms with Crippen LogP contribution in [0.2, 0.25) is 0 Å². The standard InChI is InChI=1S/C47H27N3O/c48-28-29-19-21-45-40(23-29)41-24-32(20-22-46(41)51-45)37-25-38-35-17-9-10-18-36(35)42(26-39(38)34-16-8-7-15-33(34)37)47-49-43(30-11-3-1-4-12-30)27-44(50-47)31-13-5-2-6-14-31/h1-27H. The van der Waals surface area contributed by atoms with Crippen LogP contribution in [0.4, 0.5) is 0 Å². The fourth-order valence-electron chi connectivity index (χ4n) is 7.47. The molecule has 8 aromatic carbocycles. The summed E-state index contributed by atoms with van der Waals surface area (Å²) in [7, 11) is 0. The first-order chi connectivity index (χ1) is 25.2. The summed E-state index contributed by atoms with van der Waals surface area (Å²) in [6.45, 7) is 0. The molecule has 4 nitrogen and oxygen atoms in total. The van der Waals surface area contributed by atoms with Crippen LogP contribution in [0, 0.1) is 11.3 Å². The largest absolute Gasteiger partial charge is 0.456 e. The molecule has 0 atom stereocenters. The number of furan rings is 1. The van der Waals surface area contributed by atoms with Gasteiger partial charge in [-0.1, -0.05) is 115 Å². The monoisotopic (exact) mass is 649 g/mol. The van der Waals surface area contributed by atoms with Crippen molar-refractivity contribution in [3.8, 4) is 51.1 Å². The minimum Gasteiger partial charge on any atom is -0.456 e. The van der Waals surface area contributed by atoms with Crippen molar-refractivity contribution in [3.63, 3.8) is 0 Å². The topological polar surface area (TPSA) is 62.7 Å². The molecule has 0 aliphatic rings. The highest BCUT2D eigenvalue weighted by Gasteiger charge is 2.18. The van der Waals surface area contributed by atoms with Gasteiger partial charge in [0.05, 0.1) is 23.0 Å². The lowest BCUT2D eigenvalue weighted by molar-refractivity contribution is 0.669. The molecule has 2 heterocycles. The van der Waals surface area contributed by atoms with Crippen LogP contribution in [0.1, 0.15) is 5.56 Å². The number of rotatable bonds is 4. The van der Waals surface area contributed by atoms with Gasteiger partial charge in [0.15, 0.2) is 5.82 Å². The van der Waals surface area contributed by atoms with Crippen LogP contribution in [0.25, 0.3) is 99.3 Å². The molecule has 236 valence electrons. The predicted octanol–water partition coefficient (Wildman–Crippen LogP) is 12.4. The van der Waals surface area contributed by atoms with Gasteiger partial charge in [-0.05, 0) is 92.0 Å². The number of nitrogens with zero attached hydrogens (tertiary/aromatic N) is 3. The van der Waals surface area contributed by atoms with Crippen molar-refractivity contribution in [2.45, 2.75) is 0 Å². The second-order valence-electron chi connectivity index (χ2n) is 12.9. The van der Waals surface area contributed by atoms with Crippen molar-refractivity contribution in [3.05, 3.63) is 169 Å². The third kappa shape index (κ3) is 4.75. The van der Waals surface area contributed by atoms with Gasteiger partial charge in [-0.2, -0.15) is 5.26 Å². The first kappa shape index (κ1) is 28.9. The van der Waals surface area contributed by atoms with Crippen LogP contribution < -0.4 is 0 Å². The average Bonchev–Trinajstić information content (AvgIpc) is 3.58. The Morgan fingerprint density at radius 1 is 0.392 bits per heavy atom. The Bertz CT molecular complexity index is 2970. The zero-order valence-corrected chi connectivity index (χ0v) is 27.3. The van der Waals surface area contributed by atoms with E-state index in [0.29, 0.717) is 11.4 Å². The van der Waals surface area contributed by atoms with Crippen LogP contribution >= 0.6 is 0 Å². The van der Waals surface area contributed by atoms with Gasteiger partial charge in [-0.15, -0.1) is 0 Å². The van der Waals surface area contributed by atoms with Crippen LogP contribution in [0.3, 0.4) is 0 Å².